The lowest BCUT2D eigenvalue weighted by Gasteiger charge is -2.27. The Balaban J connectivity index is 1.86. The van der Waals surface area contributed by atoms with E-state index in [-0.39, 0.29) is 11.9 Å². The zero-order chi connectivity index (χ0) is 11.7. The van der Waals surface area contributed by atoms with E-state index < -0.39 is 0 Å². The molecule has 3 rings (SSSR count). The van der Waals surface area contributed by atoms with Gasteiger partial charge in [0, 0.05) is 13.1 Å². The van der Waals surface area contributed by atoms with Crippen molar-refractivity contribution in [3.05, 3.63) is 36.2 Å². The zero-order valence-corrected chi connectivity index (χ0v) is 9.18. The standard InChI is InChI=1S/C12H12N4O/c17-12(15-8-5-13-6-8)11-7-14-9-3-1-2-4-10(9)16-11/h1-4,7-8,13H,5-6H2,(H,15,17). The molecule has 0 radical (unpaired) electrons. The summed E-state index contributed by atoms with van der Waals surface area (Å²) in [6.07, 6.45) is 1.52. The first kappa shape index (κ1) is 10.2. The molecular weight excluding hydrogens is 216 g/mol. The van der Waals surface area contributed by atoms with E-state index in [2.05, 4.69) is 20.6 Å². The van der Waals surface area contributed by atoms with E-state index >= 15 is 0 Å². The van der Waals surface area contributed by atoms with Crippen LogP contribution in [0, 0.1) is 0 Å². The number of carbonyl (C=O) groups is 1. The minimum Gasteiger partial charge on any atom is -0.345 e. The van der Waals surface area contributed by atoms with Crippen LogP contribution in [0.3, 0.4) is 0 Å². The molecule has 5 heteroatoms. The molecule has 17 heavy (non-hydrogen) atoms. The number of benzene rings is 1. The third-order valence-electron chi connectivity index (χ3n) is 2.80. The van der Waals surface area contributed by atoms with E-state index in [1.165, 1.54) is 6.20 Å². The largest absolute Gasteiger partial charge is 0.345 e. The van der Waals surface area contributed by atoms with Gasteiger partial charge in [-0.25, -0.2) is 4.98 Å². The van der Waals surface area contributed by atoms with Crippen molar-refractivity contribution in [3.63, 3.8) is 0 Å². The fourth-order valence-corrected chi connectivity index (χ4v) is 1.72. The smallest absolute Gasteiger partial charge is 0.271 e. The van der Waals surface area contributed by atoms with Gasteiger partial charge in [-0.1, -0.05) is 12.1 Å². The Labute approximate surface area is 98.3 Å². The number of para-hydroxylation sites is 2. The molecule has 0 atom stereocenters. The molecule has 5 nitrogen and oxygen atoms in total. The molecule has 1 aliphatic heterocycles. The normalized spacial score (nSPS) is 15.5. The first-order chi connectivity index (χ1) is 8.33. The Hall–Kier alpha value is -2.01. The molecule has 0 saturated carbocycles. The van der Waals surface area contributed by atoms with Gasteiger partial charge in [-0.3, -0.25) is 9.78 Å². The number of nitrogens with zero attached hydrogens (tertiary/aromatic N) is 2. The van der Waals surface area contributed by atoms with Gasteiger partial charge >= 0.3 is 0 Å². The van der Waals surface area contributed by atoms with Gasteiger partial charge in [-0.05, 0) is 12.1 Å². The molecule has 0 bridgehead atoms. The van der Waals surface area contributed by atoms with E-state index in [9.17, 15) is 4.79 Å². The topological polar surface area (TPSA) is 66.9 Å². The highest BCUT2D eigenvalue weighted by Crippen LogP contribution is 2.08. The van der Waals surface area contributed by atoms with Gasteiger partial charge in [0.25, 0.3) is 5.91 Å². The Kier molecular flexibility index (Phi) is 2.45. The van der Waals surface area contributed by atoms with E-state index in [0.29, 0.717) is 5.69 Å². The lowest BCUT2D eigenvalue weighted by atomic mass is 10.2. The maximum absolute atomic E-state index is 11.9. The number of hydrogen-bond donors (Lipinski definition) is 2. The summed E-state index contributed by atoms with van der Waals surface area (Å²) >= 11 is 0. The van der Waals surface area contributed by atoms with Crippen molar-refractivity contribution in [1.29, 1.82) is 0 Å². The van der Waals surface area contributed by atoms with E-state index in [1.807, 2.05) is 24.3 Å². The molecule has 2 heterocycles. The number of aromatic nitrogens is 2. The summed E-state index contributed by atoms with van der Waals surface area (Å²) in [4.78, 5) is 20.4. The molecule has 1 aliphatic rings. The van der Waals surface area contributed by atoms with Gasteiger partial charge < -0.3 is 10.6 Å². The first-order valence-corrected chi connectivity index (χ1v) is 5.56. The SMILES string of the molecule is O=C(NC1CNC1)c1cnc2ccccc2n1. The van der Waals surface area contributed by atoms with Crippen LogP contribution in [0.25, 0.3) is 11.0 Å². The quantitative estimate of drug-likeness (QED) is 0.777. The number of carbonyl (C=O) groups excluding carboxylic acids is 1. The van der Waals surface area contributed by atoms with Crippen molar-refractivity contribution in [3.8, 4) is 0 Å². The lowest BCUT2D eigenvalue weighted by Crippen LogP contribution is -2.57. The monoisotopic (exact) mass is 228 g/mol. The van der Waals surface area contributed by atoms with Crippen LogP contribution in [0.5, 0.6) is 0 Å². The summed E-state index contributed by atoms with van der Waals surface area (Å²) in [6.45, 7) is 1.65. The second kappa shape index (κ2) is 4.10. The summed E-state index contributed by atoms with van der Waals surface area (Å²) < 4.78 is 0. The first-order valence-electron chi connectivity index (χ1n) is 5.56. The predicted molar refractivity (Wildman–Crippen MR) is 63.7 cm³/mol. The van der Waals surface area contributed by atoms with Crippen LogP contribution >= 0.6 is 0 Å². The average molecular weight is 228 g/mol. The van der Waals surface area contributed by atoms with E-state index in [1.54, 1.807) is 0 Å². The van der Waals surface area contributed by atoms with Crippen LogP contribution in [-0.2, 0) is 0 Å². The third kappa shape index (κ3) is 1.97. The van der Waals surface area contributed by atoms with Crippen molar-refractivity contribution in [2.45, 2.75) is 6.04 Å². The summed E-state index contributed by atoms with van der Waals surface area (Å²) in [6, 6.07) is 7.73. The van der Waals surface area contributed by atoms with Gasteiger partial charge in [0.1, 0.15) is 5.69 Å². The van der Waals surface area contributed by atoms with Gasteiger partial charge in [0.2, 0.25) is 0 Å². The summed E-state index contributed by atoms with van der Waals surface area (Å²) in [7, 11) is 0. The second-order valence-corrected chi connectivity index (χ2v) is 4.07. The Morgan fingerprint density at radius 2 is 2.06 bits per heavy atom. The summed E-state index contributed by atoms with van der Waals surface area (Å²) in [5.74, 6) is -0.158. The van der Waals surface area contributed by atoms with Gasteiger partial charge in [-0.15, -0.1) is 0 Å². The second-order valence-electron chi connectivity index (χ2n) is 4.07. The van der Waals surface area contributed by atoms with Crippen LogP contribution in [0.2, 0.25) is 0 Å². The number of rotatable bonds is 2. The molecule has 2 aromatic rings. The van der Waals surface area contributed by atoms with E-state index in [0.717, 1.165) is 24.1 Å². The van der Waals surface area contributed by atoms with Crippen molar-refractivity contribution < 1.29 is 4.79 Å². The maximum atomic E-state index is 11.9. The van der Waals surface area contributed by atoms with Crippen LogP contribution in [0.15, 0.2) is 30.5 Å². The molecule has 1 aromatic heterocycles. The third-order valence-corrected chi connectivity index (χ3v) is 2.80. The molecule has 0 spiro atoms. The predicted octanol–water partition coefficient (Wildman–Crippen LogP) is 0.331. The lowest BCUT2D eigenvalue weighted by molar-refractivity contribution is 0.0919. The van der Waals surface area contributed by atoms with Crippen molar-refractivity contribution in [1.82, 2.24) is 20.6 Å². The number of amides is 1. The molecule has 1 aromatic carbocycles. The molecule has 1 amide bonds. The van der Waals surface area contributed by atoms with Gasteiger partial charge in [0.15, 0.2) is 0 Å². The van der Waals surface area contributed by atoms with E-state index in [4.69, 9.17) is 0 Å². The Bertz CT molecular complexity index is 565. The van der Waals surface area contributed by atoms with Crippen LogP contribution in [0.1, 0.15) is 10.5 Å². The minimum absolute atomic E-state index is 0.158. The fraction of sp³-hybridized carbons (Fsp3) is 0.250. The maximum Gasteiger partial charge on any atom is 0.271 e. The number of hydrogen-bond acceptors (Lipinski definition) is 4. The van der Waals surface area contributed by atoms with Crippen LogP contribution < -0.4 is 10.6 Å². The minimum atomic E-state index is -0.158. The van der Waals surface area contributed by atoms with Crippen molar-refractivity contribution in [2.24, 2.45) is 0 Å². The number of nitrogens with one attached hydrogen (secondary N) is 2. The Morgan fingerprint density at radius 1 is 1.29 bits per heavy atom. The molecule has 1 saturated heterocycles. The highest BCUT2D eigenvalue weighted by atomic mass is 16.2. The number of fused-ring (bicyclic) bond motifs is 1. The molecule has 86 valence electrons. The highest BCUT2D eigenvalue weighted by molar-refractivity contribution is 5.94. The van der Waals surface area contributed by atoms with Crippen molar-refractivity contribution in [2.75, 3.05) is 13.1 Å². The summed E-state index contributed by atoms with van der Waals surface area (Å²) in [5, 5.41) is 5.99. The molecular formula is C12H12N4O. The van der Waals surface area contributed by atoms with Crippen LogP contribution in [0.4, 0.5) is 0 Å². The Morgan fingerprint density at radius 3 is 2.76 bits per heavy atom. The molecule has 0 aliphatic carbocycles. The average Bonchev–Trinajstić information content (AvgIpc) is 2.33. The van der Waals surface area contributed by atoms with Gasteiger partial charge in [0.05, 0.1) is 23.3 Å². The fourth-order valence-electron chi connectivity index (χ4n) is 1.72. The van der Waals surface area contributed by atoms with Gasteiger partial charge in [-0.2, -0.15) is 0 Å². The van der Waals surface area contributed by atoms with Crippen molar-refractivity contribution >= 4 is 16.9 Å². The van der Waals surface area contributed by atoms with Crippen LogP contribution in [-0.4, -0.2) is 35.0 Å². The molecule has 0 unspecified atom stereocenters. The summed E-state index contributed by atoms with van der Waals surface area (Å²) in [5.41, 5.74) is 1.91. The highest BCUT2D eigenvalue weighted by Gasteiger charge is 2.20. The molecule has 1 fully saturated rings. The molecule has 2 N–H and O–H groups in total. The zero-order valence-electron chi connectivity index (χ0n) is 9.18.